The Bertz CT molecular complexity index is 1640. The molecular weight excluding hydrogens is 640 g/mol. The van der Waals surface area contributed by atoms with E-state index >= 15 is 0 Å². The van der Waals surface area contributed by atoms with E-state index in [9.17, 15) is 0 Å². The summed E-state index contributed by atoms with van der Waals surface area (Å²) < 4.78 is 3.50. The van der Waals surface area contributed by atoms with Gasteiger partial charge in [-0.15, -0.1) is 33.5 Å². The standard InChI is InChI=1S/C28H16BN7.Pt/c1-3-7-27-23(5-1)21-11-9-19(34-15-13-30-32-34)17-25(21)29-26-18-20(35-16-14-31-33-35)10-12-22(26)24-6-2-4-8-28(24)36(27)29;/h1-16H;/q-2;+2. The van der Waals surface area contributed by atoms with Crippen LogP contribution in [0.15, 0.2) is 97.6 Å². The van der Waals surface area contributed by atoms with Crippen LogP contribution in [0.2, 0.25) is 0 Å². The molecule has 37 heavy (non-hydrogen) atoms. The zero-order chi connectivity index (χ0) is 23.6. The van der Waals surface area contributed by atoms with Crippen LogP contribution < -0.4 is 15.7 Å². The summed E-state index contributed by atoms with van der Waals surface area (Å²) in [6.07, 6.45) is 7.04. The van der Waals surface area contributed by atoms with Gasteiger partial charge in [0.1, 0.15) is 0 Å². The molecule has 4 aromatic carbocycles. The van der Waals surface area contributed by atoms with Crippen molar-refractivity contribution in [1.82, 2.24) is 30.0 Å². The molecule has 7 nitrogen and oxygen atoms in total. The van der Waals surface area contributed by atoms with Crippen molar-refractivity contribution in [1.29, 1.82) is 0 Å². The molecule has 0 saturated carbocycles. The van der Waals surface area contributed by atoms with Crippen LogP contribution in [0.25, 0.3) is 33.6 Å². The summed E-state index contributed by atoms with van der Waals surface area (Å²) in [6.45, 7) is -0.133. The molecule has 9 heteroatoms. The van der Waals surface area contributed by atoms with E-state index in [0.29, 0.717) is 0 Å². The molecule has 0 spiro atoms. The van der Waals surface area contributed by atoms with E-state index in [2.05, 4.69) is 98.2 Å². The second-order valence-electron chi connectivity index (χ2n) is 8.84. The second-order valence-corrected chi connectivity index (χ2v) is 8.84. The average Bonchev–Trinajstić information content (AvgIpc) is 3.67. The van der Waals surface area contributed by atoms with E-state index in [-0.39, 0.29) is 27.9 Å². The molecule has 0 amide bonds. The minimum absolute atomic E-state index is 0. The van der Waals surface area contributed by atoms with E-state index in [4.69, 9.17) is 0 Å². The summed E-state index contributed by atoms with van der Waals surface area (Å²) in [7, 11) is 0. The first-order valence-corrected chi connectivity index (χ1v) is 11.7. The molecule has 0 atom stereocenters. The molecule has 0 N–H and O–H groups in total. The molecule has 176 valence electrons. The number of hydrogen-bond donors (Lipinski definition) is 0. The molecule has 0 aliphatic carbocycles. The third-order valence-electron chi connectivity index (χ3n) is 6.97. The van der Waals surface area contributed by atoms with Gasteiger partial charge in [-0.05, 0) is 23.5 Å². The predicted molar refractivity (Wildman–Crippen MR) is 138 cm³/mol. The number of para-hydroxylation sites is 2. The first-order valence-electron chi connectivity index (χ1n) is 11.7. The molecule has 0 bridgehead atoms. The Morgan fingerprint density at radius 1 is 0.568 bits per heavy atom. The first kappa shape index (κ1) is 22.0. The van der Waals surface area contributed by atoms with Gasteiger partial charge < -0.3 is 4.81 Å². The fourth-order valence-corrected chi connectivity index (χ4v) is 5.47. The van der Waals surface area contributed by atoms with Gasteiger partial charge in [0.15, 0.2) is 0 Å². The normalized spacial score (nSPS) is 12.5. The van der Waals surface area contributed by atoms with Gasteiger partial charge in [0.05, 0.1) is 12.4 Å². The molecule has 0 fully saturated rings. The van der Waals surface area contributed by atoms with Crippen LogP contribution in [0.3, 0.4) is 0 Å². The summed E-state index contributed by atoms with van der Waals surface area (Å²) in [5.74, 6) is 0. The Balaban J connectivity index is 0.00000231. The Morgan fingerprint density at radius 3 is 1.51 bits per heavy atom. The van der Waals surface area contributed by atoms with Gasteiger partial charge in [0.2, 0.25) is 0 Å². The number of rotatable bonds is 2. The second kappa shape index (κ2) is 8.39. The third-order valence-corrected chi connectivity index (χ3v) is 6.97. The molecule has 0 saturated heterocycles. The molecular formula is C28H16BN7Pt. The molecule has 2 aliphatic heterocycles. The number of aromatic nitrogens is 6. The van der Waals surface area contributed by atoms with Gasteiger partial charge in [0.25, 0.3) is 6.85 Å². The van der Waals surface area contributed by atoms with Gasteiger partial charge in [-0.2, -0.15) is 35.2 Å². The first-order chi connectivity index (χ1) is 17.9. The molecule has 2 aliphatic rings. The summed E-state index contributed by atoms with van der Waals surface area (Å²) in [6, 6.07) is 33.0. The minimum Gasteiger partial charge on any atom is -0.381 e. The van der Waals surface area contributed by atoms with Crippen molar-refractivity contribution in [3.63, 3.8) is 0 Å². The average molecular weight is 656 g/mol. The maximum atomic E-state index is 4.21. The van der Waals surface area contributed by atoms with Crippen LogP contribution in [0.5, 0.6) is 0 Å². The zero-order valence-corrected chi connectivity index (χ0v) is 21.5. The molecule has 0 unspecified atom stereocenters. The van der Waals surface area contributed by atoms with Gasteiger partial charge in [-0.25, -0.2) is 9.36 Å². The van der Waals surface area contributed by atoms with Gasteiger partial charge in [-0.3, -0.25) is 0 Å². The molecule has 6 aromatic rings. The largest absolute Gasteiger partial charge is 2.00 e. The van der Waals surface area contributed by atoms with E-state index in [0.717, 1.165) is 44.8 Å². The van der Waals surface area contributed by atoms with Crippen LogP contribution in [0, 0.1) is 12.1 Å². The number of fused-ring (bicyclic) bond motifs is 11. The summed E-state index contributed by atoms with van der Waals surface area (Å²) in [5.41, 5.74) is 10.8. The van der Waals surface area contributed by atoms with Crippen LogP contribution >= 0.6 is 0 Å². The van der Waals surface area contributed by atoms with E-state index < -0.39 is 0 Å². The SMILES string of the molecule is [Pt+2].[c-]1c(-n2ccnn2)ccc2c1B1c3[c-]c(-n4ccnn4)ccc3-c3ccccc3N1c1ccccc1-2. The molecule has 2 aromatic heterocycles. The van der Waals surface area contributed by atoms with E-state index in [1.807, 2.05) is 24.5 Å². The quantitative estimate of drug-likeness (QED) is 0.212. The summed E-state index contributed by atoms with van der Waals surface area (Å²) >= 11 is 0. The number of nitrogens with zero attached hydrogens (tertiary/aromatic N) is 7. The van der Waals surface area contributed by atoms with Crippen molar-refractivity contribution < 1.29 is 21.1 Å². The van der Waals surface area contributed by atoms with Gasteiger partial charge in [0, 0.05) is 23.8 Å². The fraction of sp³-hybridized carbons (Fsp3) is 0. The molecule has 4 heterocycles. The van der Waals surface area contributed by atoms with Gasteiger partial charge >= 0.3 is 21.1 Å². The monoisotopic (exact) mass is 656 g/mol. The van der Waals surface area contributed by atoms with Crippen LogP contribution in [0.4, 0.5) is 11.4 Å². The Hall–Kier alpha value is -4.29. The number of benzene rings is 4. The topological polar surface area (TPSA) is 64.7 Å². The van der Waals surface area contributed by atoms with E-state index in [1.165, 1.54) is 11.1 Å². The predicted octanol–water partition coefficient (Wildman–Crippen LogP) is 3.35. The Morgan fingerprint density at radius 2 is 1.05 bits per heavy atom. The summed E-state index contributed by atoms with van der Waals surface area (Å²) in [5, 5.41) is 16.4. The Labute approximate surface area is 227 Å². The summed E-state index contributed by atoms with van der Waals surface area (Å²) in [4.78, 5) is 2.42. The Kier molecular flexibility index (Phi) is 4.98. The van der Waals surface area contributed by atoms with Crippen LogP contribution in [-0.4, -0.2) is 36.8 Å². The molecule has 0 radical (unpaired) electrons. The minimum atomic E-state index is -0.133. The number of anilines is 2. The molecule has 8 rings (SSSR count). The van der Waals surface area contributed by atoms with Gasteiger partial charge in [-0.1, -0.05) is 58.0 Å². The van der Waals surface area contributed by atoms with Crippen molar-refractivity contribution in [3.8, 4) is 33.6 Å². The zero-order valence-electron chi connectivity index (χ0n) is 19.3. The maximum Gasteiger partial charge on any atom is 2.00 e. The maximum absolute atomic E-state index is 4.21. The fourth-order valence-electron chi connectivity index (χ4n) is 5.47. The van der Waals surface area contributed by atoms with Crippen LogP contribution in [0.1, 0.15) is 0 Å². The third kappa shape index (κ3) is 3.19. The number of hydrogen-bond acceptors (Lipinski definition) is 5. The van der Waals surface area contributed by atoms with Crippen molar-refractivity contribution in [2.24, 2.45) is 0 Å². The van der Waals surface area contributed by atoms with Crippen molar-refractivity contribution in [2.75, 3.05) is 4.81 Å². The van der Waals surface area contributed by atoms with Crippen LogP contribution in [-0.2, 0) is 21.1 Å². The van der Waals surface area contributed by atoms with Crippen molar-refractivity contribution in [3.05, 3.63) is 110 Å². The van der Waals surface area contributed by atoms with E-state index in [1.54, 1.807) is 21.8 Å². The van der Waals surface area contributed by atoms with Crippen molar-refractivity contribution >= 4 is 29.1 Å². The smallest absolute Gasteiger partial charge is 0.381 e. The van der Waals surface area contributed by atoms with Crippen molar-refractivity contribution in [2.45, 2.75) is 0 Å².